The number of hydrogen-bond acceptors (Lipinski definition) is 3. The Labute approximate surface area is 83.1 Å². The number of rotatable bonds is 2. The molecule has 13 heavy (non-hydrogen) atoms. The molecule has 0 aliphatic heterocycles. The topological polar surface area (TPSA) is 66.5 Å². The van der Waals surface area contributed by atoms with Gasteiger partial charge in [0.15, 0.2) is 0 Å². The maximum absolute atomic E-state index is 13.1. The molecule has 0 heterocycles. The van der Waals surface area contributed by atoms with Gasteiger partial charge in [0.2, 0.25) is 0 Å². The number of aliphatic hydroxyl groups excluding tert-OH is 1. The van der Waals surface area contributed by atoms with Gasteiger partial charge in [0, 0.05) is 5.56 Å². The van der Waals surface area contributed by atoms with Gasteiger partial charge in [-0.25, -0.2) is 4.39 Å². The minimum atomic E-state index is -0.905. The van der Waals surface area contributed by atoms with E-state index >= 15 is 0 Å². The molecule has 0 aromatic heterocycles. The molecule has 0 fully saturated rings. The van der Waals surface area contributed by atoms with E-state index in [2.05, 4.69) is 15.9 Å². The van der Waals surface area contributed by atoms with Crippen molar-refractivity contribution in [2.45, 2.75) is 6.04 Å². The van der Waals surface area contributed by atoms with Crippen LogP contribution in [0.4, 0.5) is 4.39 Å². The number of halogens is 2. The SMILES string of the molecule is N[C@H](CO)c1c(F)ccc(Br)c1O. The van der Waals surface area contributed by atoms with Crippen molar-refractivity contribution in [1.82, 2.24) is 0 Å². The van der Waals surface area contributed by atoms with Crippen LogP contribution in [0.25, 0.3) is 0 Å². The number of nitrogens with two attached hydrogens (primary N) is 1. The van der Waals surface area contributed by atoms with Gasteiger partial charge >= 0.3 is 0 Å². The second-order valence-electron chi connectivity index (χ2n) is 2.58. The van der Waals surface area contributed by atoms with E-state index in [0.717, 1.165) is 0 Å². The molecule has 4 N–H and O–H groups in total. The summed E-state index contributed by atoms with van der Waals surface area (Å²) >= 11 is 3.02. The second kappa shape index (κ2) is 4.04. The zero-order valence-corrected chi connectivity index (χ0v) is 8.25. The lowest BCUT2D eigenvalue weighted by Crippen LogP contribution is -2.16. The number of phenols is 1. The first-order valence-corrected chi connectivity index (χ1v) is 4.40. The van der Waals surface area contributed by atoms with E-state index in [1.807, 2.05) is 0 Å². The molecule has 5 heteroatoms. The smallest absolute Gasteiger partial charge is 0.137 e. The van der Waals surface area contributed by atoms with E-state index in [9.17, 15) is 9.50 Å². The van der Waals surface area contributed by atoms with Crippen molar-refractivity contribution >= 4 is 15.9 Å². The van der Waals surface area contributed by atoms with Crippen LogP contribution in [0, 0.1) is 5.82 Å². The highest BCUT2D eigenvalue weighted by molar-refractivity contribution is 9.10. The molecule has 1 atom stereocenters. The first-order chi connectivity index (χ1) is 6.07. The summed E-state index contributed by atoms with van der Waals surface area (Å²) < 4.78 is 13.5. The highest BCUT2D eigenvalue weighted by Crippen LogP contribution is 2.32. The molecule has 0 spiro atoms. The van der Waals surface area contributed by atoms with Crippen LogP contribution in [0.15, 0.2) is 16.6 Å². The van der Waals surface area contributed by atoms with Gasteiger partial charge in [-0.05, 0) is 28.1 Å². The van der Waals surface area contributed by atoms with Crippen LogP contribution in [-0.2, 0) is 0 Å². The number of phenolic OH excluding ortho intramolecular Hbond substituents is 1. The average molecular weight is 250 g/mol. The van der Waals surface area contributed by atoms with Crippen LogP contribution >= 0.6 is 15.9 Å². The summed E-state index contributed by atoms with van der Waals surface area (Å²) in [5, 5.41) is 18.1. The van der Waals surface area contributed by atoms with E-state index in [1.165, 1.54) is 12.1 Å². The molecule has 0 saturated heterocycles. The summed E-state index contributed by atoms with van der Waals surface area (Å²) in [4.78, 5) is 0. The maximum Gasteiger partial charge on any atom is 0.137 e. The van der Waals surface area contributed by atoms with Gasteiger partial charge < -0.3 is 15.9 Å². The van der Waals surface area contributed by atoms with Crippen molar-refractivity contribution in [3.05, 3.63) is 28.0 Å². The zero-order chi connectivity index (χ0) is 10.0. The van der Waals surface area contributed by atoms with Crippen LogP contribution < -0.4 is 5.73 Å². The van der Waals surface area contributed by atoms with Crippen LogP contribution in [-0.4, -0.2) is 16.8 Å². The summed E-state index contributed by atoms with van der Waals surface area (Å²) in [6.07, 6.45) is 0. The standard InChI is InChI=1S/C8H9BrFNO2/c9-4-1-2-5(10)7(8(4)13)6(11)3-12/h1-2,6,12-13H,3,11H2/t6-/m1/s1. The molecule has 0 unspecified atom stereocenters. The Bertz CT molecular complexity index is 319. The van der Waals surface area contributed by atoms with Crippen molar-refractivity contribution in [1.29, 1.82) is 0 Å². The van der Waals surface area contributed by atoms with E-state index < -0.39 is 18.5 Å². The first-order valence-electron chi connectivity index (χ1n) is 3.61. The molecule has 1 aromatic carbocycles. The highest BCUT2D eigenvalue weighted by Gasteiger charge is 2.17. The van der Waals surface area contributed by atoms with Crippen molar-refractivity contribution < 1.29 is 14.6 Å². The maximum atomic E-state index is 13.1. The monoisotopic (exact) mass is 249 g/mol. The van der Waals surface area contributed by atoms with E-state index in [-0.39, 0.29) is 11.3 Å². The Morgan fingerprint density at radius 1 is 1.54 bits per heavy atom. The van der Waals surface area contributed by atoms with Gasteiger partial charge in [0.25, 0.3) is 0 Å². The largest absolute Gasteiger partial charge is 0.506 e. The minimum absolute atomic E-state index is 0.0723. The van der Waals surface area contributed by atoms with E-state index in [4.69, 9.17) is 10.8 Å². The molecule has 0 radical (unpaired) electrons. The van der Waals surface area contributed by atoms with Crippen molar-refractivity contribution in [3.63, 3.8) is 0 Å². The fraction of sp³-hybridized carbons (Fsp3) is 0.250. The number of hydrogen-bond donors (Lipinski definition) is 3. The molecule has 3 nitrogen and oxygen atoms in total. The Morgan fingerprint density at radius 2 is 2.15 bits per heavy atom. The molecule has 0 aliphatic carbocycles. The molecule has 0 aliphatic rings. The van der Waals surface area contributed by atoms with Gasteiger partial charge in [-0.1, -0.05) is 0 Å². The molecular formula is C8H9BrFNO2. The van der Waals surface area contributed by atoms with Crippen molar-refractivity contribution in [3.8, 4) is 5.75 Å². The summed E-state index contributed by atoms with van der Waals surface area (Å²) in [6.45, 7) is -0.416. The summed E-state index contributed by atoms with van der Waals surface area (Å²) in [5.74, 6) is -0.885. The van der Waals surface area contributed by atoms with Crippen LogP contribution in [0.1, 0.15) is 11.6 Å². The molecule has 0 bridgehead atoms. The van der Waals surface area contributed by atoms with Gasteiger partial charge in [-0.3, -0.25) is 0 Å². The number of aromatic hydroxyl groups is 1. The predicted molar refractivity (Wildman–Crippen MR) is 49.8 cm³/mol. The summed E-state index contributed by atoms with van der Waals surface area (Å²) in [6, 6.07) is 1.64. The summed E-state index contributed by atoms with van der Waals surface area (Å²) in [5.41, 5.74) is 5.32. The van der Waals surface area contributed by atoms with Gasteiger partial charge in [-0.2, -0.15) is 0 Å². The lowest BCUT2D eigenvalue weighted by atomic mass is 10.1. The first kappa shape index (κ1) is 10.4. The van der Waals surface area contributed by atoms with Crippen LogP contribution in [0.5, 0.6) is 5.75 Å². The van der Waals surface area contributed by atoms with E-state index in [1.54, 1.807) is 0 Å². The second-order valence-corrected chi connectivity index (χ2v) is 3.43. The van der Waals surface area contributed by atoms with Gasteiger partial charge in [-0.15, -0.1) is 0 Å². The predicted octanol–water partition coefficient (Wildman–Crippen LogP) is 1.29. The van der Waals surface area contributed by atoms with Gasteiger partial charge in [0.1, 0.15) is 11.6 Å². The fourth-order valence-corrected chi connectivity index (χ4v) is 1.35. The molecule has 0 amide bonds. The van der Waals surface area contributed by atoms with Crippen LogP contribution in [0.2, 0.25) is 0 Å². The minimum Gasteiger partial charge on any atom is -0.506 e. The zero-order valence-electron chi connectivity index (χ0n) is 6.67. The van der Waals surface area contributed by atoms with Crippen molar-refractivity contribution in [2.75, 3.05) is 6.61 Å². The third-order valence-electron chi connectivity index (χ3n) is 1.68. The normalized spacial score (nSPS) is 12.9. The Morgan fingerprint density at radius 3 is 2.69 bits per heavy atom. The molecular weight excluding hydrogens is 241 g/mol. The Balaban J connectivity index is 3.25. The molecule has 1 aromatic rings. The Kier molecular flexibility index (Phi) is 3.24. The van der Waals surface area contributed by atoms with E-state index in [0.29, 0.717) is 4.47 Å². The number of benzene rings is 1. The third-order valence-corrected chi connectivity index (χ3v) is 2.32. The Hall–Kier alpha value is -0.650. The molecule has 0 saturated carbocycles. The molecule has 72 valence electrons. The lowest BCUT2D eigenvalue weighted by Gasteiger charge is -2.12. The van der Waals surface area contributed by atoms with Crippen LogP contribution in [0.3, 0.4) is 0 Å². The van der Waals surface area contributed by atoms with Gasteiger partial charge in [0.05, 0.1) is 17.1 Å². The average Bonchev–Trinajstić information content (AvgIpc) is 2.12. The van der Waals surface area contributed by atoms with Crippen molar-refractivity contribution in [2.24, 2.45) is 5.73 Å². The summed E-state index contributed by atoms with van der Waals surface area (Å²) in [7, 11) is 0. The third kappa shape index (κ3) is 1.99. The highest BCUT2D eigenvalue weighted by atomic mass is 79.9. The lowest BCUT2D eigenvalue weighted by molar-refractivity contribution is 0.262. The fourth-order valence-electron chi connectivity index (χ4n) is 1.00. The quantitative estimate of drug-likeness (QED) is 0.740. The number of aliphatic hydroxyl groups is 1. The molecule has 1 rings (SSSR count).